The molecule has 1 aliphatic heterocycles. The van der Waals surface area contributed by atoms with E-state index in [0.29, 0.717) is 12.2 Å². The summed E-state index contributed by atoms with van der Waals surface area (Å²) < 4.78 is 5.24. The third-order valence-electron chi connectivity index (χ3n) is 4.38. The molecule has 0 unspecified atom stereocenters. The number of nitrogens with zero attached hydrogens (tertiary/aromatic N) is 2. The molecule has 0 fully saturated rings. The van der Waals surface area contributed by atoms with Crippen molar-refractivity contribution in [2.45, 2.75) is 6.42 Å². The number of hydrogen-bond acceptors (Lipinski definition) is 6. The molecule has 2 aromatic rings. The Morgan fingerprint density at radius 1 is 1.14 bits per heavy atom. The first kappa shape index (κ1) is 19.0. The van der Waals surface area contributed by atoms with Crippen molar-refractivity contribution >= 4 is 23.4 Å². The maximum atomic E-state index is 12.5. The third-order valence-corrected chi connectivity index (χ3v) is 4.38. The van der Waals surface area contributed by atoms with Crippen molar-refractivity contribution in [3.63, 3.8) is 0 Å². The monoisotopic (exact) mass is 383 g/mol. The van der Waals surface area contributed by atoms with Crippen LogP contribution in [0.2, 0.25) is 0 Å². The van der Waals surface area contributed by atoms with Gasteiger partial charge >= 0.3 is 0 Å². The van der Waals surface area contributed by atoms with Crippen molar-refractivity contribution < 1.29 is 24.0 Å². The van der Waals surface area contributed by atoms with Gasteiger partial charge in [0.1, 0.15) is 17.9 Å². The Morgan fingerprint density at radius 2 is 1.89 bits per heavy atom. The van der Waals surface area contributed by atoms with Crippen LogP contribution in [-0.4, -0.2) is 47.7 Å². The summed E-state index contributed by atoms with van der Waals surface area (Å²) >= 11 is 0. The van der Waals surface area contributed by atoms with Crippen LogP contribution in [0.25, 0.3) is 0 Å². The summed E-state index contributed by atoms with van der Waals surface area (Å²) in [4.78, 5) is 48.1. The molecule has 9 nitrogen and oxygen atoms in total. The highest BCUT2D eigenvalue weighted by molar-refractivity contribution is 6.24. The van der Waals surface area contributed by atoms with E-state index in [1.165, 1.54) is 12.1 Å². The van der Waals surface area contributed by atoms with E-state index >= 15 is 0 Å². The minimum absolute atomic E-state index is 0.0685. The summed E-state index contributed by atoms with van der Waals surface area (Å²) in [5, 5.41) is 13.7. The first-order chi connectivity index (χ1) is 13.4. The Morgan fingerprint density at radius 3 is 2.61 bits per heavy atom. The smallest absolute Gasteiger partial charge is 0.282 e. The van der Waals surface area contributed by atoms with Gasteiger partial charge in [0.15, 0.2) is 0 Å². The number of imide groups is 1. The van der Waals surface area contributed by atoms with Crippen LogP contribution in [0, 0.1) is 10.1 Å². The van der Waals surface area contributed by atoms with E-state index in [1.54, 1.807) is 7.11 Å². The minimum Gasteiger partial charge on any atom is -0.496 e. The summed E-state index contributed by atoms with van der Waals surface area (Å²) in [5.74, 6) is -1.40. The lowest BCUT2D eigenvalue weighted by molar-refractivity contribution is -0.385. The largest absolute Gasteiger partial charge is 0.496 e. The zero-order valence-corrected chi connectivity index (χ0v) is 15.0. The summed E-state index contributed by atoms with van der Waals surface area (Å²) in [6.07, 6.45) is 0.503. The second kappa shape index (κ2) is 7.87. The van der Waals surface area contributed by atoms with Gasteiger partial charge in [-0.2, -0.15) is 0 Å². The van der Waals surface area contributed by atoms with Gasteiger partial charge in [-0.3, -0.25) is 29.4 Å². The number of benzene rings is 2. The highest BCUT2D eigenvalue weighted by atomic mass is 16.6. The maximum Gasteiger partial charge on any atom is 0.282 e. The van der Waals surface area contributed by atoms with Crippen LogP contribution in [0.15, 0.2) is 42.5 Å². The van der Waals surface area contributed by atoms with Crippen molar-refractivity contribution in [1.82, 2.24) is 10.2 Å². The number of carbonyl (C=O) groups excluding carboxylic acids is 3. The molecule has 0 aromatic heterocycles. The lowest BCUT2D eigenvalue weighted by atomic mass is 10.1. The zero-order chi connectivity index (χ0) is 20.3. The average Bonchev–Trinajstić information content (AvgIpc) is 2.93. The molecule has 0 radical (unpaired) electrons. The normalized spacial score (nSPS) is 12.7. The molecule has 3 amide bonds. The van der Waals surface area contributed by atoms with Crippen molar-refractivity contribution in [1.29, 1.82) is 0 Å². The fourth-order valence-electron chi connectivity index (χ4n) is 3.06. The van der Waals surface area contributed by atoms with Gasteiger partial charge < -0.3 is 10.1 Å². The fraction of sp³-hybridized carbons (Fsp3) is 0.211. The summed E-state index contributed by atoms with van der Waals surface area (Å²) in [5.41, 5.74) is 0.108. The Balaban J connectivity index is 1.63. The standard InChI is InChI=1S/C19H17N3O6/c1-28-15-8-3-2-5-12(15)9-10-20-16(23)11-21-18(24)13-6-4-7-14(22(26)27)17(13)19(21)25/h2-8H,9-11H2,1H3,(H,20,23). The lowest BCUT2D eigenvalue weighted by Crippen LogP contribution is -2.40. The van der Waals surface area contributed by atoms with Gasteiger partial charge in [0.2, 0.25) is 5.91 Å². The molecule has 1 heterocycles. The SMILES string of the molecule is COc1ccccc1CCNC(=O)CN1C(=O)c2cccc([N+](=O)[O-])c2C1=O. The van der Waals surface area contributed by atoms with Crippen LogP contribution in [0.5, 0.6) is 5.75 Å². The molecule has 3 rings (SSSR count). The van der Waals surface area contributed by atoms with Gasteiger partial charge in [0.05, 0.1) is 17.6 Å². The Hall–Kier alpha value is -3.75. The average molecular weight is 383 g/mol. The van der Waals surface area contributed by atoms with E-state index in [1.807, 2.05) is 24.3 Å². The number of para-hydroxylation sites is 1. The minimum atomic E-state index is -0.841. The number of amides is 3. The van der Waals surface area contributed by atoms with Crippen LogP contribution in [0.1, 0.15) is 26.3 Å². The van der Waals surface area contributed by atoms with Crippen molar-refractivity contribution in [2.75, 3.05) is 20.2 Å². The number of nitro groups is 1. The van der Waals surface area contributed by atoms with E-state index in [0.717, 1.165) is 16.5 Å². The second-order valence-electron chi connectivity index (χ2n) is 6.07. The highest BCUT2D eigenvalue weighted by Crippen LogP contribution is 2.30. The summed E-state index contributed by atoms with van der Waals surface area (Å²) in [6.45, 7) is -0.224. The Kier molecular flexibility index (Phi) is 5.35. The van der Waals surface area contributed by atoms with Gasteiger partial charge in [0, 0.05) is 12.6 Å². The first-order valence-electron chi connectivity index (χ1n) is 8.46. The molecule has 1 aliphatic rings. The van der Waals surface area contributed by atoms with Gasteiger partial charge in [-0.15, -0.1) is 0 Å². The summed E-state index contributed by atoms with van der Waals surface area (Å²) in [6, 6.07) is 11.2. The van der Waals surface area contributed by atoms with E-state index in [9.17, 15) is 24.5 Å². The van der Waals surface area contributed by atoms with Crippen LogP contribution in [-0.2, 0) is 11.2 Å². The molecular weight excluding hydrogens is 366 g/mol. The van der Waals surface area contributed by atoms with Crippen LogP contribution in [0.4, 0.5) is 5.69 Å². The van der Waals surface area contributed by atoms with E-state index < -0.39 is 34.9 Å². The highest BCUT2D eigenvalue weighted by Gasteiger charge is 2.41. The molecule has 0 saturated heterocycles. The fourth-order valence-corrected chi connectivity index (χ4v) is 3.06. The maximum absolute atomic E-state index is 12.5. The molecule has 144 valence electrons. The molecular formula is C19H17N3O6. The van der Waals surface area contributed by atoms with Crippen LogP contribution < -0.4 is 10.1 Å². The van der Waals surface area contributed by atoms with Gasteiger partial charge in [0.25, 0.3) is 17.5 Å². The van der Waals surface area contributed by atoms with Gasteiger partial charge in [-0.25, -0.2) is 0 Å². The van der Waals surface area contributed by atoms with Crippen molar-refractivity contribution in [2.24, 2.45) is 0 Å². The summed E-state index contributed by atoms with van der Waals surface area (Å²) in [7, 11) is 1.55. The molecule has 9 heteroatoms. The Bertz CT molecular complexity index is 972. The molecule has 0 saturated carbocycles. The number of rotatable bonds is 7. The third kappa shape index (κ3) is 3.54. The van der Waals surface area contributed by atoms with E-state index in [-0.39, 0.29) is 17.7 Å². The second-order valence-corrected chi connectivity index (χ2v) is 6.07. The molecule has 28 heavy (non-hydrogen) atoms. The first-order valence-corrected chi connectivity index (χ1v) is 8.46. The van der Waals surface area contributed by atoms with Gasteiger partial charge in [-0.1, -0.05) is 24.3 Å². The van der Waals surface area contributed by atoms with E-state index in [4.69, 9.17) is 4.74 Å². The quantitative estimate of drug-likeness (QED) is 0.440. The molecule has 0 spiro atoms. The van der Waals surface area contributed by atoms with E-state index in [2.05, 4.69) is 5.32 Å². The van der Waals surface area contributed by atoms with Gasteiger partial charge in [-0.05, 0) is 24.1 Å². The number of ether oxygens (including phenoxy) is 1. The molecule has 2 aromatic carbocycles. The molecule has 0 aliphatic carbocycles. The lowest BCUT2D eigenvalue weighted by Gasteiger charge is -2.14. The number of nitro benzene ring substituents is 1. The zero-order valence-electron chi connectivity index (χ0n) is 15.0. The molecule has 1 N–H and O–H groups in total. The predicted octanol–water partition coefficient (Wildman–Crippen LogP) is 1.56. The molecule has 0 bridgehead atoms. The topological polar surface area (TPSA) is 119 Å². The molecule has 0 atom stereocenters. The predicted molar refractivity (Wildman–Crippen MR) is 98.2 cm³/mol. The number of nitrogens with one attached hydrogen (secondary N) is 1. The number of hydrogen-bond donors (Lipinski definition) is 1. The Labute approximate surface area is 160 Å². The van der Waals surface area contributed by atoms with Crippen molar-refractivity contribution in [3.8, 4) is 5.75 Å². The van der Waals surface area contributed by atoms with Crippen molar-refractivity contribution in [3.05, 3.63) is 69.3 Å². The number of methoxy groups -OCH3 is 1. The number of carbonyl (C=O) groups is 3. The van der Waals surface area contributed by atoms with Crippen LogP contribution >= 0.6 is 0 Å². The number of fused-ring (bicyclic) bond motifs is 1. The van der Waals surface area contributed by atoms with Crippen LogP contribution in [0.3, 0.4) is 0 Å².